The van der Waals surface area contributed by atoms with E-state index in [0.717, 1.165) is 25.9 Å². The molecule has 1 saturated heterocycles. The van der Waals surface area contributed by atoms with Crippen molar-refractivity contribution in [3.05, 3.63) is 21.6 Å². The Morgan fingerprint density at radius 1 is 1.50 bits per heavy atom. The van der Waals surface area contributed by atoms with Gasteiger partial charge in [0.05, 0.1) is 17.0 Å². The van der Waals surface area contributed by atoms with Gasteiger partial charge in [-0.05, 0) is 59.9 Å². The second-order valence-electron chi connectivity index (χ2n) is 4.96. The van der Waals surface area contributed by atoms with Crippen molar-refractivity contribution in [3.63, 3.8) is 0 Å². The molecular formula is C13H19BrCl2N2O3S. The lowest BCUT2D eigenvalue weighted by Gasteiger charge is -2.12. The molecule has 1 aromatic rings. The molecule has 0 amide bonds. The van der Waals surface area contributed by atoms with Gasteiger partial charge >= 0.3 is 0 Å². The molecule has 1 aliphatic heterocycles. The number of ether oxygens (including phenoxy) is 1. The third-order valence-electron chi connectivity index (χ3n) is 3.50. The van der Waals surface area contributed by atoms with E-state index in [1.165, 1.54) is 13.2 Å². The Bertz CT molecular complexity index is 608. The molecule has 22 heavy (non-hydrogen) atoms. The Hall–Kier alpha value is -0.0500. The van der Waals surface area contributed by atoms with E-state index in [2.05, 4.69) is 26.0 Å². The zero-order valence-electron chi connectivity index (χ0n) is 12.1. The van der Waals surface area contributed by atoms with Crippen molar-refractivity contribution in [2.75, 3.05) is 26.7 Å². The Balaban J connectivity index is 0.00000242. The molecule has 1 unspecified atom stereocenters. The van der Waals surface area contributed by atoms with Crippen molar-refractivity contribution < 1.29 is 13.2 Å². The van der Waals surface area contributed by atoms with E-state index < -0.39 is 10.0 Å². The Labute approximate surface area is 150 Å². The summed E-state index contributed by atoms with van der Waals surface area (Å²) in [5.74, 6) is 0.968. The van der Waals surface area contributed by atoms with E-state index in [4.69, 9.17) is 16.3 Å². The quantitative estimate of drug-likeness (QED) is 0.723. The molecule has 2 rings (SSSR count). The maximum absolute atomic E-state index is 12.3. The summed E-state index contributed by atoms with van der Waals surface area (Å²) >= 11 is 9.25. The second kappa shape index (κ2) is 8.70. The molecule has 1 heterocycles. The van der Waals surface area contributed by atoms with Crippen LogP contribution in [0.1, 0.15) is 12.8 Å². The summed E-state index contributed by atoms with van der Waals surface area (Å²) in [6, 6.07) is 2.95. The fourth-order valence-corrected chi connectivity index (χ4v) is 4.71. The van der Waals surface area contributed by atoms with Crippen LogP contribution < -0.4 is 14.8 Å². The highest BCUT2D eigenvalue weighted by Crippen LogP contribution is 2.33. The third kappa shape index (κ3) is 4.97. The molecule has 0 aromatic heterocycles. The van der Waals surface area contributed by atoms with Crippen LogP contribution >= 0.6 is 39.9 Å². The van der Waals surface area contributed by atoms with Gasteiger partial charge in [-0.2, -0.15) is 0 Å². The largest absolute Gasteiger partial charge is 0.495 e. The maximum Gasteiger partial charge on any atom is 0.241 e. The number of nitrogens with one attached hydrogen (secondary N) is 2. The molecule has 9 heteroatoms. The molecule has 2 N–H and O–H groups in total. The average Bonchev–Trinajstić information content (AvgIpc) is 2.93. The fourth-order valence-electron chi connectivity index (χ4n) is 2.31. The average molecular weight is 434 g/mol. The van der Waals surface area contributed by atoms with Crippen LogP contribution in [0, 0.1) is 5.92 Å². The van der Waals surface area contributed by atoms with Gasteiger partial charge in [0.2, 0.25) is 10.0 Å². The van der Waals surface area contributed by atoms with Crippen LogP contribution in [0.5, 0.6) is 5.75 Å². The van der Waals surface area contributed by atoms with Crippen molar-refractivity contribution in [2.45, 2.75) is 17.7 Å². The monoisotopic (exact) mass is 432 g/mol. The van der Waals surface area contributed by atoms with Gasteiger partial charge in [0.25, 0.3) is 0 Å². The van der Waals surface area contributed by atoms with Crippen molar-refractivity contribution >= 4 is 50.0 Å². The Kier molecular flexibility index (Phi) is 7.91. The molecule has 126 valence electrons. The number of benzene rings is 1. The van der Waals surface area contributed by atoms with Crippen LogP contribution in [0.2, 0.25) is 5.02 Å². The number of hydrogen-bond acceptors (Lipinski definition) is 4. The minimum Gasteiger partial charge on any atom is -0.495 e. The lowest BCUT2D eigenvalue weighted by molar-refractivity contribution is 0.414. The van der Waals surface area contributed by atoms with Gasteiger partial charge in [0.15, 0.2) is 0 Å². The van der Waals surface area contributed by atoms with Gasteiger partial charge in [-0.15, -0.1) is 12.4 Å². The van der Waals surface area contributed by atoms with Gasteiger partial charge in [-0.25, -0.2) is 13.1 Å². The molecule has 0 bridgehead atoms. The van der Waals surface area contributed by atoms with Gasteiger partial charge in [0, 0.05) is 11.0 Å². The number of halogens is 3. The van der Waals surface area contributed by atoms with Crippen molar-refractivity contribution in [3.8, 4) is 5.75 Å². The zero-order chi connectivity index (χ0) is 15.5. The molecule has 0 radical (unpaired) electrons. The van der Waals surface area contributed by atoms with E-state index >= 15 is 0 Å². The smallest absolute Gasteiger partial charge is 0.241 e. The second-order valence-corrected chi connectivity index (χ2v) is 7.96. The summed E-state index contributed by atoms with van der Waals surface area (Å²) in [6.45, 7) is 2.39. The summed E-state index contributed by atoms with van der Waals surface area (Å²) in [4.78, 5) is 0.123. The van der Waals surface area contributed by atoms with E-state index in [-0.39, 0.29) is 22.3 Å². The van der Waals surface area contributed by atoms with Crippen molar-refractivity contribution in [1.29, 1.82) is 0 Å². The van der Waals surface area contributed by atoms with E-state index in [1.807, 2.05) is 0 Å². The molecule has 0 spiro atoms. The highest BCUT2D eigenvalue weighted by molar-refractivity contribution is 9.10. The number of hydrogen-bond donors (Lipinski definition) is 2. The highest BCUT2D eigenvalue weighted by Gasteiger charge is 2.21. The number of methoxy groups -OCH3 is 1. The van der Waals surface area contributed by atoms with Crippen LogP contribution in [0.25, 0.3) is 0 Å². The first-order valence-corrected chi connectivity index (χ1v) is 9.33. The predicted molar refractivity (Wildman–Crippen MR) is 93.7 cm³/mol. The molecule has 1 aromatic carbocycles. The van der Waals surface area contributed by atoms with E-state index in [9.17, 15) is 8.42 Å². The minimum absolute atomic E-state index is 0. The van der Waals surface area contributed by atoms with Crippen LogP contribution in [0.15, 0.2) is 21.5 Å². The first kappa shape index (κ1) is 20.0. The Morgan fingerprint density at radius 3 is 2.82 bits per heavy atom. The number of rotatable bonds is 6. The molecule has 0 saturated carbocycles. The first-order valence-electron chi connectivity index (χ1n) is 6.67. The lowest BCUT2D eigenvalue weighted by atomic mass is 10.1. The van der Waals surface area contributed by atoms with Gasteiger partial charge in [-0.1, -0.05) is 11.6 Å². The minimum atomic E-state index is -3.59. The third-order valence-corrected chi connectivity index (χ3v) is 6.22. The van der Waals surface area contributed by atoms with Crippen LogP contribution in [0.3, 0.4) is 0 Å². The lowest BCUT2D eigenvalue weighted by Crippen LogP contribution is -2.27. The van der Waals surface area contributed by atoms with Crippen LogP contribution in [-0.4, -0.2) is 35.2 Å². The fraction of sp³-hybridized carbons (Fsp3) is 0.538. The van der Waals surface area contributed by atoms with Crippen LogP contribution in [-0.2, 0) is 10.0 Å². The molecule has 1 fully saturated rings. The normalized spacial score (nSPS) is 18.0. The maximum atomic E-state index is 12.3. The predicted octanol–water partition coefficient (Wildman–Crippen LogP) is 2.81. The Morgan fingerprint density at radius 2 is 2.23 bits per heavy atom. The van der Waals surface area contributed by atoms with Gasteiger partial charge in [-0.3, -0.25) is 0 Å². The molecule has 1 aliphatic rings. The standard InChI is InChI=1S/C13H18BrClN2O3S.ClH/c1-20-12-6-10(14)13(7-11(12)15)21(18,19)17-5-3-9-2-4-16-8-9;/h6-7,9,16-17H,2-5,8H2,1H3;1H. The SMILES string of the molecule is COc1cc(Br)c(S(=O)(=O)NCCC2CCNC2)cc1Cl.Cl. The molecule has 1 atom stereocenters. The van der Waals surface area contributed by atoms with E-state index in [1.54, 1.807) is 6.07 Å². The summed E-state index contributed by atoms with van der Waals surface area (Å²) in [7, 11) is -2.11. The first-order chi connectivity index (χ1) is 9.94. The van der Waals surface area contributed by atoms with E-state index in [0.29, 0.717) is 22.7 Å². The van der Waals surface area contributed by atoms with Crippen molar-refractivity contribution in [1.82, 2.24) is 10.0 Å². The number of sulfonamides is 1. The summed E-state index contributed by atoms with van der Waals surface area (Å²) in [6.07, 6.45) is 1.92. The highest BCUT2D eigenvalue weighted by atomic mass is 79.9. The summed E-state index contributed by atoms with van der Waals surface area (Å²) in [5, 5.41) is 3.53. The van der Waals surface area contributed by atoms with Gasteiger partial charge < -0.3 is 10.1 Å². The zero-order valence-corrected chi connectivity index (χ0v) is 16.0. The summed E-state index contributed by atoms with van der Waals surface area (Å²) < 4.78 is 32.8. The molecule has 5 nitrogen and oxygen atoms in total. The topological polar surface area (TPSA) is 67.4 Å². The summed E-state index contributed by atoms with van der Waals surface area (Å²) in [5.41, 5.74) is 0. The molecule has 0 aliphatic carbocycles. The molecular weight excluding hydrogens is 415 g/mol. The van der Waals surface area contributed by atoms with Crippen molar-refractivity contribution in [2.24, 2.45) is 5.92 Å². The van der Waals surface area contributed by atoms with Gasteiger partial charge in [0.1, 0.15) is 5.75 Å². The van der Waals surface area contributed by atoms with Crippen LogP contribution in [0.4, 0.5) is 0 Å².